The van der Waals surface area contributed by atoms with Crippen molar-refractivity contribution in [3.63, 3.8) is 0 Å². The fraction of sp³-hybridized carbons (Fsp3) is 0.0952. The maximum Gasteiger partial charge on any atom is 0.320 e. The first-order valence-corrected chi connectivity index (χ1v) is 7.76. The number of halogens is 2. The van der Waals surface area contributed by atoms with Gasteiger partial charge >= 0.3 is 5.92 Å². The average Bonchev–Trinajstić information content (AvgIpc) is 2.97. The van der Waals surface area contributed by atoms with Gasteiger partial charge in [0.25, 0.3) is 0 Å². The summed E-state index contributed by atoms with van der Waals surface area (Å²) < 4.78 is 30.4. The Morgan fingerprint density at radius 1 is 0.708 bits per heavy atom. The van der Waals surface area contributed by atoms with E-state index in [1.54, 1.807) is 42.5 Å². The molecule has 0 heterocycles. The number of hydrogen-bond donors (Lipinski definition) is 0. The van der Waals surface area contributed by atoms with Crippen LogP contribution in [0.15, 0.2) is 78.9 Å². The predicted octanol–water partition coefficient (Wildman–Crippen LogP) is 5.32. The van der Waals surface area contributed by atoms with Crippen LogP contribution in [0.25, 0.3) is 11.1 Å². The molecule has 24 heavy (non-hydrogen) atoms. The second kappa shape index (κ2) is 5.38. The van der Waals surface area contributed by atoms with Crippen molar-refractivity contribution in [3.05, 3.63) is 95.6 Å². The lowest BCUT2D eigenvalue weighted by atomic mass is 9.86. The quantitative estimate of drug-likeness (QED) is 0.597. The van der Waals surface area contributed by atoms with E-state index in [-0.39, 0.29) is 5.56 Å². The molecule has 0 bridgehead atoms. The highest BCUT2D eigenvalue weighted by Gasteiger charge is 2.52. The number of Topliss-reactive ketones (excluding diaryl/α,β-unsaturated/α-hetero) is 1. The summed E-state index contributed by atoms with van der Waals surface area (Å²) in [6.45, 7) is 0. The number of hydrogen-bond acceptors (Lipinski definition) is 1. The molecule has 0 aliphatic heterocycles. The molecule has 0 N–H and O–H groups in total. The van der Waals surface area contributed by atoms with Crippen molar-refractivity contribution in [1.82, 2.24) is 0 Å². The molecular formula is C21H14F2O. The molecule has 0 saturated heterocycles. The number of ketones is 1. The van der Waals surface area contributed by atoms with Gasteiger partial charge in [0.2, 0.25) is 5.78 Å². The fourth-order valence-electron chi connectivity index (χ4n) is 3.46. The topological polar surface area (TPSA) is 17.1 Å². The van der Waals surface area contributed by atoms with Crippen LogP contribution in [-0.4, -0.2) is 11.7 Å². The third-order valence-electron chi connectivity index (χ3n) is 4.54. The largest absolute Gasteiger partial charge is 0.320 e. The highest BCUT2D eigenvalue weighted by molar-refractivity contribution is 6.03. The number of alkyl halides is 2. The van der Waals surface area contributed by atoms with Gasteiger partial charge in [-0.2, -0.15) is 8.78 Å². The summed E-state index contributed by atoms with van der Waals surface area (Å²) in [6.07, 6.45) is 0. The van der Waals surface area contributed by atoms with Gasteiger partial charge in [0.1, 0.15) is 0 Å². The zero-order valence-electron chi connectivity index (χ0n) is 12.7. The Bertz CT molecular complexity index is 870. The van der Waals surface area contributed by atoms with E-state index in [1.807, 2.05) is 24.3 Å². The van der Waals surface area contributed by atoms with Crippen molar-refractivity contribution in [2.45, 2.75) is 11.8 Å². The Morgan fingerprint density at radius 3 is 1.71 bits per heavy atom. The maximum atomic E-state index is 15.2. The summed E-state index contributed by atoms with van der Waals surface area (Å²) in [5.74, 6) is -5.90. The molecule has 0 saturated carbocycles. The summed E-state index contributed by atoms with van der Waals surface area (Å²) in [6, 6.07) is 21.9. The van der Waals surface area contributed by atoms with Crippen LogP contribution < -0.4 is 0 Å². The van der Waals surface area contributed by atoms with Gasteiger partial charge in [-0.3, -0.25) is 4.79 Å². The molecule has 3 aromatic carbocycles. The molecule has 1 aliphatic carbocycles. The summed E-state index contributed by atoms with van der Waals surface area (Å²) in [7, 11) is 0. The highest BCUT2D eigenvalue weighted by atomic mass is 19.3. The van der Waals surface area contributed by atoms with Gasteiger partial charge in [-0.25, -0.2) is 0 Å². The van der Waals surface area contributed by atoms with E-state index in [1.165, 1.54) is 12.1 Å². The van der Waals surface area contributed by atoms with E-state index in [0.717, 1.165) is 11.1 Å². The molecule has 0 aromatic heterocycles. The highest BCUT2D eigenvalue weighted by Crippen LogP contribution is 2.52. The van der Waals surface area contributed by atoms with Gasteiger partial charge in [-0.15, -0.1) is 0 Å². The van der Waals surface area contributed by atoms with Crippen LogP contribution >= 0.6 is 0 Å². The first kappa shape index (κ1) is 14.8. The van der Waals surface area contributed by atoms with E-state index in [0.29, 0.717) is 11.1 Å². The standard InChI is InChI=1S/C21H14F2O/c22-21(23,20(24)14-8-2-1-3-9-14)19-17-12-6-4-10-15(17)16-11-5-7-13-18(16)19/h1-13,19H. The van der Waals surface area contributed by atoms with E-state index in [4.69, 9.17) is 0 Å². The van der Waals surface area contributed by atoms with Gasteiger partial charge < -0.3 is 0 Å². The van der Waals surface area contributed by atoms with Gasteiger partial charge in [-0.05, 0) is 22.3 Å². The van der Waals surface area contributed by atoms with Crippen molar-refractivity contribution < 1.29 is 13.6 Å². The van der Waals surface area contributed by atoms with Crippen LogP contribution in [0.4, 0.5) is 8.78 Å². The molecule has 0 unspecified atom stereocenters. The van der Waals surface area contributed by atoms with Crippen LogP contribution in [0.2, 0.25) is 0 Å². The average molecular weight is 320 g/mol. The van der Waals surface area contributed by atoms with Gasteiger partial charge in [0.05, 0.1) is 5.92 Å². The molecule has 0 radical (unpaired) electrons. The number of carbonyl (C=O) groups is 1. The van der Waals surface area contributed by atoms with Gasteiger partial charge in [0.15, 0.2) is 0 Å². The summed E-state index contributed by atoms with van der Waals surface area (Å²) in [5.41, 5.74) is 2.60. The molecule has 0 amide bonds. The van der Waals surface area contributed by atoms with Gasteiger partial charge in [0, 0.05) is 5.56 Å². The van der Waals surface area contributed by atoms with Crippen molar-refractivity contribution in [2.24, 2.45) is 0 Å². The lowest BCUT2D eigenvalue weighted by Gasteiger charge is -2.24. The zero-order chi connectivity index (χ0) is 16.7. The van der Waals surface area contributed by atoms with E-state index in [9.17, 15) is 4.79 Å². The van der Waals surface area contributed by atoms with Crippen LogP contribution in [0.5, 0.6) is 0 Å². The molecule has 0 atom stereocenters. The summed E-state index contributed by atoms with van der Waals surface area (Å²) in [5, 5.41) is 0. The molecule has 0 fully saturated rings. The smallest absolute Gasteiger partial charge is 0.287 e. The fourth-order valence-corrected chi connectivity index (χ4v) is 3.46. The molecule has 4 rings (SSSR count). The Hall–Kier alpha value is -2.81. The Labute approximate surface area is 138 Å². The molecule has 118 valence electrons. The minimum atomic E-state index is -3.51. The van der Waals surface area contributed by atoms with Crippen LogP contribution in [-0.2, 0) is 0 Å². The monoisotopic (exact) mass is 320 g/mol. The van der Waals surface area contributed by atoms with E-state index in [2.05, 4.69) is 0 Å². The molecule has 3 aromatic rings. The van der Waals surface area contributed by atoms with E-state index >= 15 is 8.78 Å². The first-order chi connectivity index (χ1) is 11.6. The second-order valence-electron chi connectivity index (χ2n) is 5.93. The maximum absolute atomic E-state index is 15.2. The lowest BCUT2D eigenvalue weighted by molar-refractivity contribution is 0.000487. The zero-order valence-corrected chi connectivity index (χ0v) is 12.7. The van der Waals surface area contributed by atoms with Crippen LogP contribution in [0, 0.1) is 0 Å². The Morgan fingerprint density at radius 2 is 1.17 bits per heavy atom. The molecule has 1 nitrogen and oxygen atoms in total. The minimum Gasteiger partial charge on any atom is -0.287 e. The predicted molar refractivity (Wildman–Crippen MR) is 89.4 cm³/mol. The first-order valence-electron chi connectivity index (χ1n) is 7.76. The minimum absolute atomic E-state index is 0.0318. The normalized spacial score (nSPS) is 13.4. The van der Waals surface area contributed by atoms with E-state index < -0.39 is 17.6 Å². The number of fused-ring (bicyclic) bond motifs is 3. The third-order valence-corrected chi connectivity index (χ3v) is 4.54. The van der Waals surface area contributed by atoms with Gasteiger partial charge in [-0.1, -0.05) is 78.9 Å². The summed E-state index contributed by atoms with van der Waals surface area (Å²) in [4.78, 5) is 12.5. The van der Waals surface area contributed by atoms with Crippen molar-refractivity contribution in [2.75, 3.05) is 0 Å². The van der Waals surface area contributed by atoms with Crippen LogP contribution in [0.3, 0.4) is 0 Å². The summed E-state index contributed by atoms with van der Waals surface area (Å²) >= 11 is 0. The number of rotatable bonds is 3. The Kier molecular flexibility index (Phi) is 3.31. The van der Waals surface area contributed by atoms with Crippen molar-refractivity contribution >= 4 is 5.78 Å². The molecule has 3 heteroatoms. The second-order valence-corrected chi connectivity index (χ2v) is 5.93. The number of carbonyl (C=O) groups excluding carboxylic acids is 1. The molecule has 0 spiro atoms. The SMILES string of the molecule is O=C(c1ccccc1)C(F)(F)C1c2ccccc2-c2ccccc21. The molecule has 1 aliphatic rings. The molecular weight excluding hydrogens is 306 g/mol. The Balaban J connectivity index is 1.88. The number of benzene rings is 3. The lowest BCUT2D eigenvalue weighted by Crippen LogP contribution is -2.35. The van der Waals surface area contributed by atoms with Crippen molar-refractivity contribution in [3.8, 4) is 11.1 Å². The van der Waals surface area contributed by atoms with Crippen LogP contribution in [0.1, 0.15) is 27.4 Å². The third kappa shape index (κ3) is 2.08. The van der Waals surface area contributed by atoms with Crippen molar-refractivity contribution in [1.29, 1.82) is 0 Å².